The molecular formula is C22H28ClN3O2. The maximum absolute atomic E-state index is 12.5. The lowest BCUT2D eigenvalue weighted by atomic mass is 10.1. The Morgan fingerprint density at radius 2 is 2.14 bits per heavy atom. The predicted octanol–water partition coefficient (Wildman–Crippen LogP) is 4.23. The smallest absolute Gasteiger partial charge is 0.253 e. The number of likely N-dealkylation sites (tertiary alicyclic amines) is 1. The number of ether oxygens (including phenoxy) is 1. The van der Waals surface area contributed by atoms with Gasteiger partial charge in [0.15, 0.2) is 0 Å². The molecule has 1 aromatic heterocycles. The third kappa shape index (κ3) is 5.69. The lowest BCUT2D eigenvalue weighted by Crippen LogP contribution is -2.35. The van der Waals surface area contributed by atoms with Crippen LogP contribution in [0.4, 0.5) is 0 Å². The van der Waals surface area contributed by atoms with Gasteiger partial charge < -0.3 is 10.1 Å². The Bertz CT molecular complexity index is 812. The molecule has 0 radical (unpaired) electrons. The minimum absolute atomic E-state index is 0.0336. The zero-order chi connectivity index (χ0) is 19.9. The number of hydrogen-bond acceptors (Lipinski definition) is 4. The molecule has 1 atom stereocenters. The molecule has 0 unspecified atom stereocenters. The molecule has 1 amide bonds. The van der Waals surface area contributed by atoms with Crippen LogP contribution in [0.3, 0.4) is 0 Å². The highest BCUT2D eigenvalue weighted by Gasteiger charge is 2.20. The van der Waals surface area contributed by atoms with Gasteiger partial charge in [0.1, 0.15) is 5.75 Å². The van der Waals surface area contributed by atoms with E-state index in [2.05, 4.69) is 21.3 Å². The maximum atomic E-state index is 12.5. The summed E-state index contributed by atoms with van der Waals surface area (Å²) in [4.78, 5) is 19.0. The second kappa shape index (κ2) is 9.89. The number of amides is 1. The van der Waals surface area contributed by atoms with E-state index in [0.717, 1.165) is 50.2 Å². The summed E-state index contributed by atoms with van der Waals surface area (Å²) in [6.45, 7) is 7.33. The summed E-state index contributed by atoms with van der Waals surface area (Å²) in [7, 11) is 0. The first-order valence-corrected chi connectivity index (χ1v) is 10.3. The molecule has 6 heteroatoms. The summed E-state index contributed by atoms with van der Waals surface area (Å²) in [5.74, 6) is 0.710. The van der Waals surface area contributed by atoms with Crippen molar-refractivity contribution in [3.63, 3.8) is 0 Å². The molecule has 1 aromatic carbocycles. The van der Waals surface area contributed by atoms with E-state index in [-0.39, 0.29) is 11.9 Å². The highest BCUT2D eigenvalue weighted by Crippen LogP contribution is 2.26. The number of aryl methyl sites for hydroxylation is 1. The number of hydrogen-bond donors (Lipinski definition) is 1. The van der Waals surface area contributed by atoms with Gasteiger partial charge in [0, 0.05) is 31.5 Å². The van der Waals surface area contributed by atoms with Gasteiger partial charge in [0.2, 0.25) is 0 Å². The lowest BCUT2D eigenvalue weighted by molar-refractivity contribution is 0.0932. The van der Waals surface area contributed by atoms with Crippen molar-refractivity contribution in [3.05, 3.63) is 58.4 Å². The van der Waals surface area contributed by atoms with Gasteiger partial charge in [0.25, 0.3) is 5.91 Å². The van der Waals surface area contributed by atoms with Crippen LogP contribution in [-0.2, 0) is 6.54 Å². The van der Waals surface area contributed by atoms with E-state index in [1.54, 1.807) is 12.4 Å². The summed E-state index contributed by atoms with van der Waals surface area (Å²) >= 11 is 6.19. The first-order chi connectivity index (χ1) is 13.5. The van der Waals surface area contributed by atoms with Crippen LogP contribution >= 0.6 is 11.6 Å². The van der Waals surface area contributed by atoms with Gasteiger partial charge in [-0.1, -0.05) is 17.7 Å². The van der Waals surface area contributed by atoms with Gasteiger partial charge in [-0.05, 0) is 69.0 Å². The maximum Gasteiger partial charge on any atom is 0.253 e. The van der Waals surface area contributed by atoms with Crippen molar-refractivity contribution in [1.29, 1.82) is 0 Å². The monoisotopic (exact) mass is 401 g/mol. The molecule has 1 N–H and O–H groups in total. The first kappa shape index (κ1) is 20.6. The van der Waals surface area contributed by atoms with Gasteiger partial charge in [-0.15, -0.1) is 0 Å². The zero-order valence-electron chi connectivity index (χ0n) is 16.6. The van der Waals surface area contributed by atoms with Gasteiger partial charge in [-0.25, -0.2) is 0 Å². The number of halogens is 1. The van der Waals surface area contributed by atoms with E-state index >= 15 is 0 Å². The minimum atomic E-state index is -0.0336. The Labute approximate surface area is 172 Å². The Morgan fingerprint density at radius 1 is 1.29 bits per heavy atom. The van der Waals surface area contributed by atoms with Crippen molar-refractivity contribution in [1.82, 2.24) is 15.2 Å². The van der Waals surface area contributed by atoms with Crippen molar-refractivity contribution < 1.29 is 9.53 Å². The van der Waals surface area contributed by atoms with E-state index in [1.807, 2.05) is 32.0 Å². The minimum Gasteiger partial charge on any atom is -0.492 e. The molecule has 0 aliphatic carbocycles. The van der Waals surface area contributed by atoms with Crippen LogP contribution in [0, 0.1) is 6.92 Å². The molecule has 28 heavy (non-hydrogen) atoms. The molecule has 5 nitrogen and oxygen atoms in total. The van der Waals surface area contributed by atoms with Crippen molar-refractivity contribution >= 4 is 17.5 Å². The van der Waals surface area contributed by atoms with Crippen molar-refractivity contribution in [2.24, 2.45) is 0 Å². The molecular weight excluding hydrogens is 374 g/mol. The van der Waals surface area contributed by atoms with Crippen LogP contribution in [0.15, 0.2) is 36.7 Å². The number of aromatic nitrogens is 1. The molecule has 2 aromatic rings. The molecule has 2 heterocycles. The largest absolute Gasteiger partial charge is 0.492 e. The molecule has 0 saturated carbocycles. The standard InChI is InChI=1S/C22H28ClN3O2/c1-3-28-21-12-17(6-7-20(21)23)15-26-9-4-5-19(8-10-26)25-22(27)18-11-16(2)13-24-14-18/h6-7,11-14,19H,3-5,8-10,15H2,1-2H3,(H,25,27)/t19-/m1/s1. The van der Waals surface area contributed by atoms with Crippen LogP contribution in [0.2, 0.25) is 5.02 Å². The highest BCUT2D eigenvalue weighted by atomic mass is 35.5. The summed E-state index contributed by atoms with van der Waals surface area (Å²) in [5, 5.41) is 3.83. The summed E-state index contributed by atoms with van der Waals surface area (Å²) in [6, 6.07) is 8.06. The van der Waals surface area contributed by atoms with E-state index in [4.69, 9.17) is 16.3 Å². The van der Waals surface area contributed by atoms with Crippen LogP contribution in [0.5, 0.6) is 5.75 Å². The average Bonchev–Trinajstić information content (AvgIpc) is 2.90. The van der Waals surface area contributed by atoms with Crippen LogP contribution in [0.25, 0.3) is 0 Å². The number of carbonyl (C=O) groups excluding carboxylic acids is 1. The zero-order valence-corrected chi connectivity index (χ0v) is 17.3. The molecule has 0 spiro atoms. The van der Waals surface area contributed by atoms with Crippen molar-refractivity contribution in [2.45, 2.75) is 45.7 Å². The van der Waals surface area contributed by atoms with E-state index in [9.17, 15) is 4.79 Å². The predicted molar refractivity (Wildman–Crippen MR) is 112 cm³/mol. The number of carbonyl (C=O) groups is 1. The van der Waals surface area contributed by atoms with Gasteiger partial charge in [-0.2, -0.15) is 0 Å². The second-order valence-electron chi connectivity index (χ2n) is 7.33. The lowest BCUT2D eigenvalue weighted by Gasteiger charge is -2.21. The molecule has 3 rings (SSSR count). The molecule has 1 aliphatic heterocycles. The number of rotatable bonds is 6. The Kier molecular flexibility index (Phi) is 7.29. The Hall–Kier alpha value is -2.11. The molecule has 1 aliphatic rings. The van der Waals surface area contributed by atoms with E-state index in [0.29, 0.717) is 17.2 Å². The van der Waals surface area contributed by atoms with Crippen molar-refractivity contribution in [3.8, 4) is 5.75 Å². The topological polar surface area (TPSA) is 54.5 Å². The molecule has 150 valence electrons. The first-order valence-electron chi connectivity index (χ1n) is 9.91. The quantitative estimate of drug-likeness (QED) is 0.787. The second-order valence-corrected chi connectivity index (χ2v) is 7.73. The SMILES string of the molecule is CCOc1cc(CN2CCC[C@@H](NC(=O)c3cncc(C)c3)CC2)ccc1Cl. The third-order valence-electron chi connectivity index (χ3n) is 4.99. The fourth-order valence-corrected chi connectivity index (χ4v) is 3.75. The molecule has 0 bridgehead atoms. The van der Waals surface area contributed by atoms with Gasteiger partial charge >= 0.3 is 0 Å². The van der Waals surface area contributed by atoms with Crippen molar-refractivity contribution in [2.75, 3.05) is 19.7 Å². The number of nitrogens with zero attached hydrogens (tertiary/aromatic N) is 2. The molecule has 1 fully saturated rings. The summed E-state index contributed by atoms with van der Waals surface area (Å²) in [6.07, 6.45) is 6.38. The Morgan fingerprint density at radius 3 is 2.93 bits per heavy atom. The normalized spacial score (nSPS) is 17.8. The van der Waals surface area contributed by atoms with Gasteiger partial charge in [-0.3, -0.25) is 14.7 Å². The number of benzene rings is 1. The summed E-state index contributed by atoms with van der Waals surface area (Å²) < 4.78 is 5.60. The van der Waals surface area contributed by atoms with Gasteiger partial charge in [0.05, 0.1) is 17.2 Å². The van der Waals surface area contributed by atoms with Crippen LogP contribution in [0.1, 0.15) is 47.7 Å². The van der Waals surface area contributed by atoms with E-state index in [1.165, 1.54) is 5.56 Å². The van der Waals surface area contributed by atoms with Crippen LogP contribution < -0.4 is 10.1 Å². The highest BCUT2D eigenvalue weighted by molar-refractivity contribution is 6.32. The third-order valence-corrected chi connectivity index (χ3v) is 5.31. The average molecular weight is 402 g/mol. The fraction of sp³-hybridized carbons (Fsp3) is 0.455. The molecule has 1 saturated heterocycles. The number of nitrogens with one attached hydrogen (secondary N) is 1. The summed E-state index contributed by atoms with van der Waals surface area (Å²) in [5.41, 5.74) is 2.82. The fourth-order valence-electron chi connectivity index (χ4n) is 3.58. The number of pyridine rings is 1. The Balaban J connectivity index is 1.55. The van der Waals surface area contributed by atoms with E-state index < -0.39 is 0 Å². The van der Waals surface area contributed by atoms with Crippen LogP contribution in [-0.4, -0.2) is 41.5 Å².